The van der Waals surface area contributed by atoms with Crippen LogP contribution in [0.1, 0.15) is 46.3 Å². The minimum absolute atomic E-state index is 0.0654. The number of thiophene rings is 1. The van der Waals surface area contributed by atoms with Gasteiger partial charge >= 0.3 is 0 Å². The first kappa shape index (κ1) is 24.7. The molecule has 0 amide bonds. The number of H-pyrrole nitrogens is 1. The van der Waals surface area contributed by atoms with Crippen molar-refractivity contribution in [1.82, 2.24) is 30.1 Å². The molecule has 0 unspecified atom stereocenters. The Bertz CT molecular complexity index is 1560. The lowest BCUT2D eigenvalue weighted by Gasteiger charge is -2.31. The summed E-state index contributed by atoms with van der Waals surface area (Å²) in [5, 5.41) is 16.0. The molecule has 0 bridgehead atoms. The maximum atomic E-state index is 13.7. The molecule has 2 atom stereocenters. The van der Waals surface area contributed by atoms with Crippen molar-refractivity contribution in [3.8, 4) is 0 Å². The standard InChI is InChI=1S/C29H30N6O2S/c1-20-11-12-22-16-25(29(36)30-26(22)15-20)27(28-31-32-33-35(28)18-23-9-5-13-37-23)34(19-24-10-6-14-38-24)17-21-7-3-2-4-8-21/h2-4,6-8,10-12,14-16,23,27H,5,9,13,17-19H2,1H3,(H,30,36)/t23-,27-/m1/s1. The fraction of sp³-hybridized carbons (Fsp3) is 0.310. The Kier molecular flexibility index (Phi) is 7.13. The molecule has 1 aliphatic rings. The number of rotatable bonds is 9. The zero-order valence-electron chi connectivity index (χ0n) is 21.3. The lowest BCUT2D eigenvalue weighted by molar-refractivity contribution is 0.0904. The predicted molar refractivity (Wildman–Crippen MR) is 148 cm³/mol. The molecule has 0 aliphatic carbocycles. The van der Waals surface area contributed by atoms with Crippen molar-refractivity contribution < 1.29 is 4.74 Å². The Morgan fingerprint density at radius 3 is 2.82 bits per heavy atom. The van der Waals surface area contributed by atoms with E-state index >= 15 is 0 Å². The minimum Gasteiger partial charge on any atom is -0.376 e. The van der Waals surface area contributed by atoms with Gasteiger partial charge in [-0.25, -0.2) is 4.68 Å². The van der Waals surface area contributed by atoms with Crippen molar-refractivity contribution in [3.05, 3.63) is 110 Å². The Morgan fingerprint density at radius 1 is 1.13 bits per heavy atom. The van der Waals surface area contributed by atoms with Crippen LogP contribution < -0.4 is 5.56 Å². The second-order valence-corrected chi connectivity index (χ2v) is 10.9. The van der Waals surface area contributed by atoms with Crippen LogP contribution in [0, 0.1) is 6.92 Å². The van der Waals surface area contributed by atoms with Crippen molar-refractivity contribution in [3.63, 3.8) is 0 Å². The molecule has 8 nitrogen and oxygen atoms in total. The number of fused-ring (bicyclic) bond motifs is 1. The third-order valence-electron chi connectivity index (χ3n) is 7.06. The maximum Gasteiger partial charge on any atom is 0.253 e. The minimum atomic E-state index is -0.469. The van der Waals surface area contributed by atoms with Gasteiger partial charge in [0, 0.05) is 35.7 Å². The lowest BCUT2D eigenvalue weighted by atomic mass is 10.0. The van der Waals surface area contributed by atoms with Gasteiger partial charge in [-0.05, 0) is 70.3 Å². The number of nitrogens with zero attached hydrogens (tertiary/aromatic N) is 5. The summed E-state index contributed by atoms with van der Waals surface area (Å²) in [6.45, 7) is 4.61. The number of aryl methyl sites for hydroxylation is 1. The summed E-state index contributed by atoms with van der Waals surface area (Å²) in [5.74, 6) is 0.643. The van der Waals surface area contributed by atoms with Crippen molar-refractivity contribution in [1.29, 1.82) is 0 Å². The monoisotopic (exact) mass is 526 g/mol. The van der Waals surface area contributed by atoms with Crippen LogP contribution in [0.5, 0.6) is 0 Å². The molecule has 1 aliphatic heterocycles. The largest absolute Gasteiger partial charge is 0.376 e. The van der Waals surface area contributed by atoms with Gasteiger partial charge in [0.2, 0.25) is 0 Å². The Balaban J connectivity index is 1.50. The molecule has 3 aromatic heterocycles. The quantitative estimate of drug-likeness (QED) is 0.295. The number of pyridine rings is 1. The molecule has 9 heteroatoms. The van der Waals surface area contributed by atoms with E-state index in [1.807, 2.05) is 41.9 Å². The number of tetrazole rings is 1. The number of aromatic amines is 1. The van der Waals surface area contributed by atoms with Crippen molar-refractivity contribution in [2.45, 2.75) is 51.5 Å². The second kappa shape index (κ2) is 11.0. The number of benzene rings is 2. The topological polar surface area (TPSA) is 88.9 Å². The van der Waals surface area contributed by atoms with Gasteiger partial charge in [0.05, 0.1) is 12.6 Å². The van der Waals surface area contributed by atoms with E-state index < -0.39 is 6.04 Å². The molecule has 0 saturated carbocycles. The average Bonchev–Trinajstić information content (AvgIpc) is 3.70. The molecule has 1 fully saturated rings. The Labute approximate surface area is 224 Å². The molecular formula is C29H30N6O2S. The van der Waals surface area contributed by atoms with Gasteiger partial charge < -0.3 is 9.72 Å². The van der Waals surface area contributed by atoms with E-state index in [0.29, 0.717) is 31.0 Å². The van der Waals surface area contributed by atoms with Crippen LogP contribution in [0.15, 0.2) is 76.9 Å². The summed E-state index contributed by atoms with van der Waals surface area (Å²) in [5.41, 5.74) is 3.56. The number of nitrogens with one attached hydrogen (secondary N) is 1. The molecular weight excluding hydrogens is 496 g/mol. The van der Waals surface area contributed by atoms with E-state index in [1.165, 1.54) is 4.88 Å². The van der Waals surface area contributed by atoms with Gasteiger partial charge in [0.15, 0.2) is 5.82 Å². The maximum absolute atomic E-state index is 13.7. The number of ether oxygens (including phenoxy) is 1. The van der Waals surface area contributed by atoms with Gasteiger partial charge in [-0.1, -0.05) is 48.5 Å². The first-order chi connectivity index (χ1) is 18.6. The molecule has 1 N–H and O–H groups in total. The van der Waals surface area contributed by atoms with Crippen LogP contribution in [0.4, 0.5) is 0 Å². The van der Waals surface area contributed by atoms with Crippen LogP contribution in [-0.4, -0.2) is 42.8 Å². The molecule has 6 rings (SSSR count). The van der Waals surface area contributed by atoms with Crippen molar-refractivity contribution in [2.75, 3.05) is 6.61 Å². The molecule has 2 aromatic carbocycles. The zero-order chi connectivity index (χ0) is 25.9. The Morgan fingerprint density at radius 2 is 2.03 bits per heavy atom. The van der Waals surface area contributed by atoms with Gasteiger partial charge in [-0.2, -0.15) is 0 Å². The molecule has 0 radical (unpaired) electrons. The van der Waals surface area contributed by atoms with E-state index in [2.05, 4.69) is 67.2 Å². The SMILES string of the molecule is Cc1ccc2cc([C@H](c3nnnn3C[C@H]3CCCO3)N(Cc3ccccc3)Cc3cccs3)c(=O)[nH]c2c1. The molecule has 0 spiro atoms. The summed E-state index contributed by atoms with van der Waals surface area (Å²) < 4.78 is 7.73. The van der Waals surface area contributed by atoms with Crippen LogP contribution in [0.2, 0.25) is 0 Å². The lowest BCUT2D eigenvalue weighted by Crippen LogP contribution is -2.35. The normalized spacial score (nSPS) is 16.4. The Hall–Kier alpha value is -3.66. The molecule has 1 saturated heterocycles. The average molecular weight is 527 g/mol. The smallest absolute Gasteiger partial charge is 0.253 e. The van der Waals surface area contributed by atoms with E-state index in [-0.39, 0.29) is 11.7 Å². The second-order valence-electron chi connectivity index (χ2n) is 9.87. The zero-order valence-corrected chi connectivity index (χ0v) is 22.1. The van der Waals surface area contributed by atoms with Crippen molar-refractivity contribution >= 4 is 22.2 Å². The van der Waals surface area contributed by atoms with Crippen LogP contribution in [0.3, 0.4) is 0 Å². The highest BCUT2D eigenvalue weighted by atomic mass is 32.1. The highest BCUT2D eigenvalue weighted by Gasteiger charge is 2.32. The van der Waals surface area contributed by atoms with Gasteiger partial charge in [-0.15, -0.1) is 16.4 Å². The third-order valence-corrected chi connectivity index (χ3v) is 7.92. The number of aromatic nitrogens is 5. The molecule has 194 valence electrons. The molecule has 4 heterocycles. The summed E-state index contributed by atoms with van der Waals surface area (Å²) in [7, 11) is 0. The highest BCUT2D eigenvalue weighted by Crippen LogP contribution is 2.31. The molecule has 38 heavy (non-hydrogen) atoms. The van der Waals surface area contributed by atoms with E-state index in [9.17, 15) is 4.79 Å². The van der Waals surface area contributed by atoms with Gasteiger partial charge in [0.1, 0.15) is 6.04 Å². The van der Waals surface area contributed by atoms with E-state index in [1.54, 1.807) is 11.3 Å². The highest BCUT2D eigenvalue weighted by molar-refractivity contribution is 7.09. The number of hydrogen-bond acceptors (Lipinski definition) is 7. The van der Waals surface area contributed by atoms with Crippen LogP contribution in [0.25, 0.3) is 10.9 Å². The molecule has 5 aromatic rings. The van der Waals surface area contributed by atoms with Gasteiger partial charge in [-0.3, -0.25) is 9.69 Å². The van der Waals surface area contributed by atoms with Crippen LogP contribution in [-0.2, 0) is 24.4 Å². The summed E-state index contributed by atoms with van der Waals surface area (Å²) in [6.07, 6.45) is 2.08. The summed E-state index contributed by atoms with van der Waals surface area (Å²) >= 11 is 1.70. The van der Waals surface area contributed by atoms with Crippen LogP contribution >= 0.6 is 11.3 Å². The van der Waals surface area contributed by atoms with Crippen molar-refractivity contribution in [2.24, 2.45) is 0 Å². The fourth-order valence-corrected chi connectivity index (χ4v) is 5.94. The fourth-order valence-electron chi connectivity index (χ4n) is 5.21. The predicted octanol–water partition coefficient (Wildman–Crippen LogP) is 4.86. The van der Waals surface area contributed by atoms with E-state index in [4.69, 9.17) is 4.74 Å². The summed E-state index contributed by atoms with van der Waals surface area (Å²) in [6, 6.07) is 22.2. The van der Waals surface area contributed by atoms with Gasteiger partial charge in [0.25, 0.3) is 5.56 Å². The number of hydrogen-bond donors (Lipinski definition) is 1. The van der Waals surface area contributed by atoms with E-state index in [0.717, 1.165) is 41.5 Å². The first-order valence-electron chi connectivity index (χ1n) is 13.0. The third kappa shape index (κ3) is 5.31. The summed E-state index contributed by atoms with van der Waals surface area (Å²) in [4.78, 5) is 20.3. The first-order valence-corrected chi connectivity index (χ1v) is 13.8.